The summed E-state index contributed by atoms with van der Waals surface area (Å²) in [7, 11) is 6.82. The number of carbonyl (C=O) groups is 4. The summed E-state index contributed by atoms with van der Waals surface area (Å²) in [5, 5.41) is 45.1. The van der Waals surface area contributed by atoms with Crippen molar-refractivity contribution in [3.05, 3.63) is 70.0 Å². The number of phenols is 1. The van der Waals surface area contributed by atoms with Crippen molar-refractivity contribution < 1.29 is 39.6 Å². The van der Waals surface area contributed by atoms with Crippen LogP contribution in [-0.4, -0.2) is 99.9 Å². The Labute approximate surface area is 254 Å². The third-order valence-electron chi connectivity index (χ3n) is 9.05. The van der Waals surface area contributed by atoms with Crippen molar-refractivity contribution in [2.75, 3.05) is 34.7 Å². The summed E-state index contributed by atoms with van der Waals surface area (Å²) in [6.07, 6.45) is 1.21. The molecule has 4 atom stereocenters. The number of fused-ring (bicyclic) bond motifs is 3. The van der Waals surface area contributed by atoms with Gasteiger partial charge in [0.1, 0.15) is 28.6 Å². The number of aliphatic hydroxyl groups is 3. The third-order valence-corrected chi connectivity index (χ3v) is 9.05. The zero-order valence-electron chi connectivity index (χ0n) is 25.1. The van der Waals surface area contributed by atoms with Crippen LogP contribution >= 0.6 is 0 Å². The van der Waals surface area contributed by atoms with Crippen LogP contribution in [0, 0.1) is 11.8 Å². The molecule has 11 nitrogen and oxygen atoms in total. The van der Waals surface area contributed by atoms with Crippen molar-refractivity contribution in [1.29, 1.82) is 0 Å². The van der Waals surface area contributed by atoms with E-state index in [-0.39, 0.29) is 35.5 Å². The highest BCUT2D eigenvalue weighted by molar-refractivity contribution is 6.24. The van der Waals surface area contributed by atoms with Crippen LogP contribution in [0.5, 0.6) is 5.75 Å². The van der Waals surface area contributed by atoms with E-state index in [2.05, 4.69) is 0 Å². The molecule has 0 bridgehead atoms. The molecule has 232 valence electrons. The molecule has 0 radical (unpaired) electrons. The second-order valence-electron chi connectivity index (χ2n) is 12.4. The lowest BCUT2D eigenvalue weighted by Crippen LogP contribution is -2.65. The van der Waals surface area contributed by atoms with Gasteiger partial charge in [0, 0.05) is 17.9 Å². The van der Waals surface area contributed by atoms with E-state index in [9.17, 15) is 39.6 Å². The SMILES string of the molecule is CN(C)CC(=O)CCc1ccc(-c2ccc(O)c3c2C[C@@H]2C[C@@H]4[C@@H](N(C)C)C(=O)C(C(N)=O)=C(O)[C@]4(O)C(=O)C2=C3O)cc1. The molecule has 6 N–H and O–H groups in total. The van der Waals surface area contributed by atoms with E-state index >= 15 is 0 Å². The van der Waals surface area contributed by atoms with Gasteiger partial charge in [0.25, 0.3) is 5.91 Å². The van der Waals surface area contributed by atoms with Gasteiger partial charge in [-0.25, -0.2) is 0 Å². The van der Waals surface area contributed by atoms with Gasteiger partial charge < -0.3 is 31.1 Å². The number of carbonyl (C=O) groups excluding carboxylic acids is 4. The van der Waals surface area contributed by atoms with Gasteiger partial charge in [-0.15, -0.1) is 0 Å². The highest BCUT2D eigenvalue weighted by Gasteiger charge is 2.64. The molecule has 11 heteroatoms. The topological polar surface area (TPSA) is 182 Å². The van der Waals surface area contributed by atoms with E-state index in [1.54, 1.807) is 20.2 Å². The van der Waals surface area contributed by atoms with Crippen LogP contribution in [0.1, 0.15) is 29.5 Å². The maximum Gasteiger partial charge on any atom is 0.255 e. The number of likely N-dealkylation sites (N-methyl/N-ethyl adjacent to an activating group) is 2. The molecule has 1 amide bonds. The third kappa shape index (κ3) is 4.90. The Kier molecular flexibility index (Phi) is 8.00. The van der Waals surface area contributed by atoms with Gasteiger partial charge in [0.05, 0.1) is 18.2 Å². The molecule has 3 aliphatic carbocycles. The second-order valence-corrected chi connectivity index (χ2v) is 12.4. The van der Waals surface area contributed by atoms with E-state index in [4.69, 9.17) is 5.73 Å². The lowest BCUT2D eigenvalue weighted by molar-refractivity contribution is -0.153. The largest absolute Gasteiger partial charge is 0.508 e. The number of aromatic hydroxyl groups is 1. The number of Topliss-reactive ketones (excluding diaryl/α,β-unsaturated/α-hetero) is 3. The van der Waals surface area contributed by atoms with Crippen molar-refractivity contribution in [3.63, 3.8) is 0 Å². The van der Waals surface area contributed by atoms with Gasteiger partial charge in [-0.05, 0) is 81.7 Å². The fraction of sp³-hybridized carbons (Fsp3) is 0.394. The molecule has 2 aromatic carbocycles. The number of hydrogen-bond acceptors (Lipinski definition) is 10. The van der Waals surface area contributed by atoms with Crippen molar-refractivity contribution in [1.82, 2.24) is 9.80 Å². The zero-order valence-corrected chi connectivity index (χ0v) is 25.1. The Balaban J connectivity index is 1.56. The Bertz CT molecular complexity index is 1640. The molecular weight excluding hydrogens is 566 g/mol. The molecule has 5 rings (SSSR count). The molecular formula is C33H37N3O8. The molecule has 0 heterocycles. The normalized spacial score (nSPS) is 24.8. The summed E-state index contributed by atoms with van der Waals surface area (Å²) < 4.78 is 0. The number of aliphatic hydroxyl groups excluding tert-OH is 2. The van der Waals surface area contributed by atoms with Crippen molar-refractivity contribution in [3.8, 4) is 16.9 Å². The van der Waals surface area contributed by atoms with Crippen LogP contribution in [0.3, 0.4) is 0 Å². The highest BCUT2D eigenvalue weighted by Crippen LogP contribution is 2.53. The Morgan fingerprint density at radius 1 is 1.00 bits per heavy atom. The molecule has 1 fully saturated rings. The molecule has 0 spiro atoms. The lowest BCUT2D eigenvalue weighted by Gasteiger charge is -2.50. The number of hydrogen-bond donors (Lipinski definition) is 5. The number of ketones is 3. The predicted octanol–water partition coefficient (Wildman–Crippen LogP) is 1.69. The van der Waals surface area contributed by atoms with Crippen molar-refractivity contribution >= 4 is 29.0 Å². The minimum atomic E-state index is -2.68. The number of nitrogens with two attached hydrogens (primary N) is 1. The summed E-state index contributed by atoms with van der Waals surface area (Å²) >= 11 is 0. The summed E-state index contributed by atoms with van der Waals surface area (Å²) in [4.78, 5) is 54.9. The standard InChI is InChI=1S/C33H37N3O8/c1-35(2)15-19(37)10-7-16-5-8-17(9-6-16)20-11-12-23(38)25-21(20)13-18-14-22-27(36(3)4)29(40)26(32(34)43)31(42)33(22,44)30(41)24(18)28(25)39/h5-6,8-9,11-12,18,22,27,38-39,42,44H,7,10,13-15H2,1-4H3,(H2,34,43)/t18-,22-,27-,33-/m1/s1. The summed E-state index contributed by atoms with van der Waals surface area (Å²) in [6.45, 7) is 0.379. The Morgan fingerprint density at radius 2 is 1.66 bits per heavy atom. The second kappa shape index (κ2) is 11.3. The number of aryl methyl sites for hydroxylation is 1. The molecule has 0 aromatic heterocycles. The quantitative estimate of drug-likeness (QED) is 0.279. The minimum Gasteiger partial charge on any atom is -0.508 e. The number of phenolic OH excluding ortho intramolecular Hbond substituents is 1. The first-order valence-electron chi connectivity index (χ1n) is 14.4. The van der Waals surface area contributed by atoms with Crippen LogP contribution in [0.25, 0.3) is 16.9 Å². The van der Waals surface area contributed by atoms with Gasteiger partial charge in [0.2, 0.25) is 5.78 Å². The Morgan fingerprint density at radius 3 is 2.25 bits per heavy atom. The minimum absolute atomic E-state index is 0.0147. The van der Waals surface area contributed by atoms with Crippen LogP contribution in [-0.2, 0) is 32.0 Å². The first kappa shape index (κ1) is 31.1. The van der Waals surface area contributed by atoms with Gasteiger partial charge in [-0.3, -0.25) is 24.1 Å². The van der Waals surface area contributed by atoms with Gasteiger partial charge in [-0.1, -0.05) is 30.3 Å². The lowest BCUT2D eigenvalue weighted by atomic mass is 9.57. The van der Waals surface area contributed by atoms with Crippen LogP contribution in [0.4, 0.5) is 0 Å². The number of nitrogens with zero attached hydrogens (tertiary/aromatic N) is 2. The van der Waals surface area contributed by atoms with Gasteiger partial charge in [-0.2, -0.15) is 0 Å². The van der Waals surface area contributed by atoms with Crippen molar-refractivity contribution in [2.24, 2.45) is 17.6 Å². The van der Waals surface area contributed by atoms with E-state index in [1.807, 2.05) is 43.3 Å². The van der Waals surface area contributed by atoms with E-state index < -0.39 is 58.0 Å². The summed E-state index contributed by atoms with van der Waals surface area (Å²) in [5.74, 6) is -6.70. The predicted molar refractivity (Wildman–Crippen MR) is 162 cm³/mol. The fourth-order valence-corrected chi connectivity index (χ4v) is 7.08. The maximum absolute atomic E-state index is 14.0. The van der Waals surface area contributed by atoms with Crippen LogP contribution < -0.4 is 5.73 Å². The van der Waals surface area contributed by atoms with E-state index in [0.717, 1.165) is 16.7 Å². The average molecular weight is 604 g/mol. The molecule has 0 unspecified atom stereocenters. The number of amides is 1. The van der Waals surface area contributed by atoms with Crippen LogP contribution in [0.2, 0.25) is 0 Å². The van der Waals surface area contributed by atoms with E-state index in [1.165, 1.54) is 11.0 Å². The summed E-state index contributed by atoms with van der Waals surface area (Å²) in [5.41, 5.74) is 4.78. The van der Waals surface area contributed by atoms with E-state index in [0.29, 0.717) is 24.9 Å². The van der Waals surface area contributed by atoms with Gasteiger partial charge >= 0.3 is 0 Å². The number of primary amides is 1. The average Bonchev–Trinajstić information content (AvgIpc) is 2.93. The molecule has 1 saturated carbocycles. The number of benzene rings is 2. The van der Waals surface area contributed by atoms with Crippen LogP contribution in [0.15, 0.2) is 53.3 Å². The molecule has 44 heavy (non-hydrogen) atoms. The summed E-state index contributed by atoms with van der Waals surface area (Å²) in [6, 6.07) is 9.63. The monoisotopic (exact) mass is 603 g/mol. The van der Waals surface area contributed by atoms with Crippen molar-refractivity contribution in [2.45, 2.75) is 37.3 Å². The first-order chi connectivity index (χ1) is 20.7. The molecule has 0 saturated heterocycles. The Hall–Kier alpha value is -4.32. The highest BCUT2D eigenvalue weighted by atomic mass is 16.3. The molecule has 2 aromatic rings. The number of rotatable bonds is 8. The van der Waals surface area contributed by atoms with Gasteiger partial charge in [0.15, 0.2) is 11.4 Å². The fourth-order valence-electron chi connectivity index (χ4n) is 7.08. The smallest absolute Gasteiger partial charge is 0.255 e. The zero-order chi connectivity index (χ0) is 32.2. The maximum atomic E-state index is 14.0. The first-order valence-corrected chi connectivity index (χ1v) is 14.4. The molecule has 0 aliphatic heterocycles. The molecule has 3 aliphatic rings.